The van der Waals surface area contributed by atoms with E-state index in [1.807, 2.05) is 7.05 Å². The van der Waals surface area contributed by atoms with Crippen LogP contribution in [0.15, 0.2) is 18.2 Å². The van der Waals surface area contributed by atoms with Gasteiger partial charge in [0.15, 0.2) is 11.5 Å². The molecule has 5 nitrogen and oxygen atoms in total. The fourth-order valence-electron chi connectivity index (χ4n) is 2.69. The van der Waals surface area contributed by atoms with E-state index in [4.69, 9.17) is 21.1 Å². The topological polar surface area (TPSA) is 50.8 Å². The number of likely N-dealkylation sites (N-methyl/N-ethyl adjacent to an activating group) is 1. The Hall–Kier alpha value is -1.72. The van der Waals surface area contributed by atoms with E-state index in [-0.39, 0.29) is 5.91 Å². The van der Waals surface area contributed by atoms with Crippen LogP contribution in [0.1, 0.15) is 18.4 Å². The summed E-state index contributed by atoms with van der Waals surface area (Å²) in [5.41, 5.74) is 0.791. The number of piperidine rings is 1. The van der Waals surface area contributed by atoms with Crippen LogP contribution in [0.5, 0.6) is 11.5 Å². The molecule has 1 aliphatic heterocycles. The molecule has 2 rings (SSSR count). The van der Waals surface area contributed by atoms with Gasteiger partial charge < -0.3 is 19.7 Å². The lowest BCUT2D eigenvalue weighted by atomic mass is 10.1. The Balaban J connectivity index is 2.09. The number of hydrogen-bond donors (Lipinski definition) is 1. The lowest BCUT2D eigenvalue weighted by Gasteiger charge is -2.30. The Morgan fingerprint density at radius 2 is 2.00 bits per heavy atom. The minimum Gasteiger partial charge on any atom is -0.493 e. The van der Waals surface area contributed by atoms with Gasteiger partial charge in [-0.15, -0.1) is 0 Å². The van der Waals surface area contributed by atoms with Crippen molar-refractivity contribution in [1.29, 1.82) is 0 Å². The van der Waals surface area contributed by atoms with Crippen LogP contribution >= 0.6 is 11.6 Å². The van der Waals surface area contributed by atoms with Crippen molar-refractivity contribution in [3.05, 3.63) is 28.8 Å². The maximum Gasteiger partial charge on any atom is 0.246 e. The summed E-state index contributed by atoms with van der Waals surface area (Å²) < 4.78 is 10.5. The zero-order valence-electron chi connectivity index (χ0n) is 13.8. The van der Waals surface area contributed by atoms with Crippen molar-refractivity contribution in [2.45, 2.75) is 18.9 Å². The maximum atomic E-state index is 12.3. The van der Waals surface area contributed by atoms with Crippen LogP contribution < -0.4 is 14.8 Å². The molecule has 1 fully saturated rings. The maximum absolute atomic E-state index is 12.3. The molecule has 0 unspecified atom stereocenters. The molecule has 0 aromatic heterocycles. The number of nitrogens with one attached hydrogen (secondary N) is 1. The minimum atomic E-state index is -0.0113. The average Bonchev–Trinajstić information content (AvgIpc) is 2.59. The van der Waals surface area contributed by atoms with Crippen molar-refractivity contribution in [1.82, 2.24) is 10.2 Å². The van der Waals surface area contributed by atoms with Crippen LogP contribution in [-0.2, 0) is 4.79 Å². The molecule has 0 aliphatic carbocycles. The standard InChI is InChI=1S/C17H23ClN2O3/c1-20(13-6-8-19-9-7-13)16(21)5-4-12-10-14(18)17(23-3)15(11-12)22-2/h4-5,10-11,13,19H,6-9H2,1-3H3/b5-4+. The quantitative estimate of drug-likeness (QED) is 0.838. The predicted molar refractivity (Wildman–Crippen MR) is 92.3 cm³/mol. The Morgan fingerprint density at radius 3 is 2.61 bits per heavy atom. The van der Waals surface area contributed by atoms with Crippen LogP contribution in [0.3, 0.4) is 0 Å². The Labute approximate surface area is 142 Å². The van der Waals surface area contributed by atoms with Crippen molar-refractivity contribution in [3.63, 3.8) is 0 Å². The van der Waals surface area contributed by atoms with Crippen LogP contribution in [0, 0.1) is 0 Å². The zero-order chi connectivity index (χ0) is 16.8. The van der Waals surface area contributed by atoms with E-state index in [2.05, 4.69) is 5.32 Å². The number of amides is 1. The first-order chi connectivity index (χ1) is 11.1. The molecular formula is C17H23ClN2O3. The Bertz CT molecular complexity index is 583. The second-order valence-corrected chi connectivity index (χ2v) is 5.91. The molecule has 1 aromatic carbocycles. The highest BCUT2D eigenvalue weighted by Crippen LogP contribution is 2.36. The summed E-state index contributed by atoms with van der Waals surface area (Å²) in [6.45, 7) is 1.91. The first-order valence-electron chi connectivity index (χ1n) is 7.64. The summed E-state index contributed by atoms with van der Waals surface area (Å²) in [7, 11) is 4.94. The summed E-state index contributed by atoms with van der Waals surface area (Å²) >= 11 is 6.17. The van der Waals surface area contributed by atoms with Gasteiger partial charge in [-0.2, -0.15) is 0 Å². The highest BCUT2D eigenvalue weighted by atomic mass is 35.5. The zero-order valence-corrected chi connectivity index (χ0v) is 14.5. The van der Waals surface area contributed by atoms with Gasteiger partial charge in [0.1, 0.15) is 0 Å². The third-order valence-corrected chi connectivity index (χ3v) is 4.36. The summed E-state index contributed by atoms with van der Waals surface area (Å²) in [5, 5.41) is 3.75. The third-order valence-electron chi connectivity index (χ3n) is 4.08. The molecular weight excluding hydrogens is 316 g/mol. The summed E-state index contributed by atoms with van der Waals surface area (Å²) in [6.07, 6.45) is 5.28. The number of hydrogen-bond acceptors (Lipinski definition) is 4. The van der Waals surface area contributed by atoms with Gasteiger partial charge in [-0.05, 0) is 49.7 Å². The van der Waals surface area contributed by atoms with E-state index >= 15 is 0 Å². The Kier molecular flexibility index (Phi) is 6.30. The number of carbonyl (C=O) groups is 1. The number of benzene rings is 1. The molecule has 0 spiro atoms. The molecule has 126 valence electrons. The van der Waals surface area contributed by atoms with Gasteiger partial charge in [0.25, 0.3) is 0 Å². The SMILES string of the molecule is COc1cc(/C=C/C(=O)N(C)C2CCNCC2)cc(Cl)c1OC. The number of methoxy groups -OCH3 is 2. The molecule has 1 aromatic rings. The average molecular weight is 339 g/mol. The van der Waals surface area contributed by atoms with Crippen molar-refractivity contribution >= 4 is 23.6 Å². The summed E-state index contributed by atoms with van der Waals surface area (Å²) in [4.78, 5) is 14.1. The molecule has 0 radical (unpaired) electrons. The lowest BCUT2D eigenvalue weighted by molar-refractivity contribution is -0.127. The molecule has 6 heteroatoms. The largest absolute Gasteiger partial charge is 0.493 e. The van der Waals surface area contributed by atoms with Crippen molar-refractivity contribution in [2.24, 2.45) is 0 Å². The smallest absolute Gasteiger partial charge is 0.246 e. The molecule has 0 atom stereocenters. The van der Waals surface area contributed by atoms with Gasteiger partial charge in [-0.1, -0.05) is 11.6 Å². The van der Waals surface area contributed by atoms with Crippen LogP contribution in [0.2, 0.25) is 5.02 Å². The fourth-order valence-corrected chi connectivity index (χ4v) is 2.99. The Morgan fingerprint density at radius 1 is 1.30 bits per heavy atom. The predicted octanol–water partition coefficient (Wildman–Crippen LogP) is 2.58. The van der Waals surface area contributed by atoms with E-state index in [0.717, 1.165) is 31.5 Å². The first kappa shape index (κ1) is 17.6. The number of halogens is 1. The van der Waals surface area contributed by atoms with Crippen LogP contribution in [-0.4, -0.2) is 51.2 Å². The number of ether oxygens (including phenoxy) is 2. The molecule has 1 amide bonds. The highest BCUT2D eigenvalue weighted by Gasteiger charge is 2.20. The second kappa shape index (κ2) is 8.22. The summed E-state index contributed by atoms with van der Waals surface area (Å²) in [6, 6.07) is 3.83. The van der Waals surface area contributed by atoms with Gasteiger partial charge in [-0.3, -0.25) is 4.79 Å². The van der Waals surface area contributed by atoms with Gasteiger partial charge in [-0.25, -0.2) is 0 Å². The van der Waals surface area contributed by atoms with Gasteiger partial charge in [0.2, 0.25) is 5.91 Å². The van der Waals surface area contributed by atoms with Gasteiger partial charge in [0, 0.05) is 19.2 Å². The van der Waals surface area contributed by atoms with Crippen molar-refractivity contribution in [3.8, 4) is 11.5 Å². The first-order valence-corrected chi connectivity index (χ1v) is 8.01. The third kappa shape index (κ3) is 4.39. The monoisotopic (exact) mass is 338 g/mol. The molecule has 1 heterocycles. The minimum absolute atomic E-state index is 0.0113. The number of nitrogens with zero attached hydrogens (tertiary/aromatic N) is 1. The molecule has 23 heavy (non-hydrogen) atoms. The van der Waals surface area contributed by atoms with Crippen LogP contribution in [0.25, 0.3) is 6.08 Å². The molecule has 1 saturated heterocycles. The van der Waals surface area contributed by atoms with Crippen molar-refractivity contribution < 1.29 is 14.3 Å². The van der Waals surface area contributed by atoms with E-state index in [1.54, 1.807) is 36.3 Å². The van der Waals surface area contributed by atoms with E-state index in [9.17, 15) is 4.79 Å². The molecule has 1 N–H and O–H groups in total. The van der Waals surface area contributed by atoms with Crippen molar-refractivity contribution in [2.75, 3.05) is 34.4 Å². The second-order valence-electron chi connectivity index (χ2n) is 5.50. The molecule has 0 saturated carbocycles. The molecule has 0 bridgehead atoms. The number of carbonyl (C=O) groups excluding carboxylic acids is 1. The van der Waals surface area contributed by atoms with Gasteiger partial charge >= 0.3 is 0 Å². The highest BCUT2D eigenvalue weighted by molar-refractivity contribution is 6.32. The van der Waals surface area contributed by atoms with E-state index in [0.29, 0.717) is 22.6 Å². The van der Waals surface area contributed by atoms with Crippen LogP contribution in [0.4, 0.5) is 0 Å². The van der Waals surface area contributed by atoms with E-state index < -0.39 is 0 Å². The van der Waals surface area contributed by atoms with E-state index in [1.165, 1.54) is 7.11 Å². The molecule has 1 aliphatic rings. The normalized spacial score (nSPS) is 15.7. The fraction of sp³-hybridized carbons (Fsp3) is 0.471. The summed E-state index contributed by atoms with van der Waals surface area (Å²) in [5.74, 6) is 1.02. The number of rotatable bonds is 5. The van der Waals surface area contributed by atoms with Gasteiger partial charge in [0.05, 0.1) is 19.2 Å². The lowest BCUT2D eigenvalue weighted by Crippen LogP contribution is -2.43.